The van der Waals surface area contributed by atoms with Crippen molar-refractivity contribution in [2.45, 2.75) is 6.61 Å². The molecule has 0 unspecified atom stereocenters. The van der Waals surface area contributed by atoms with Crippen molar-refractivity contribution in [1.82, 2.24) is 0 Å². The molecule has 4 nitrogen and oxygen atoms in total. The lowest BCUT2D eigenvalue weighted by Crippen LogP contribution is -2.13. The highest BCUT2D eigenvalue weighted by Gasteiger charge is 2.12. The number of hydrogen-bond donors (Lipinski definition) is 1. The molecule has 0 fully saturated rings. The van der Waals surface area contributed by atoms with Crippen LogP contribution in [0, 0.1) is 11.3 Å². The van der Waals surface area contributed by atoms with E-state index in [2.05, 4.69) is 37.2 Å². The van der Waals surface area contributed by atoms with E-state index in [1.807, 2.05) is 36.4 Å². The van der Waals surface area contributed by atoms with Gasteiger partial charge in [0.15, 0.2) is 0 Å². The number of anilines is 1. The summed E-state index contributed by atoms with van der Waals surface area (Å²) in [5.41, 5.74) is 2.12. The van der Waals surface area contributed by atoms with Crippen LogP contribution >= 0.6 is 43.5 Å². The van der Waals surface area contributed by atoms with Crippen LogP contribution in [0.2, 0.25) is 5.02 Å². The summed E-state index contributed by atoms with van der Waals surface area (Å²) < 4.78 is 7.73. The van der Waals surface area contributed by atoms with Crippen LogP contribution in [0.1, 0.15) is 11.1 Å². The third kappa shape index (κ3) is 6.20. The van der Waals surface area contributed by atoms with E-state index >= 15 is 0 Å². The van der Waals surface area contributed by atoms with Crippen molar-refractivity contribution in [2.24, 2.45) is 0 Å². The van der Waals surface area contributed by atoms with Crippen molar-refractivity contribution in [3.8, 4) is 11.8 Å². The number of nitrogens with one attached hydrogen (secondary N) is 1. The van der Waals surface area contributed by atoms with Crippen molar-refractivity contribution in [3.63, 3.8) is 0 Å². The first-order chi connectivity index (χ1) is 14.4. The van der Waals surface area contributed by atoms with Crippen LogP contribution in [0.4, 0.5) is 5.69 Å². The number of carbonyl (C=O) groups is 1. The molecule has 7 heteroatoms. The topological polar surface area (TPSA) is 62.1 Å². The van der Waals surface area contributed by atoms with Gasteiger partial charge in [-0.15, -0.1) is 0 Å². The molecule has 3 rings (SSSR count). The maximum absolute atomic E-state index is 12.5. The molecular formula is C23H15Br2ClN2O2. The molecule has 0 heterocycles. The monoisotopic (exact) mass is 544 g/mol. The van der Waals surface area contributed by atoms with Gasteiger partial charge >= 0.3 is 0 Å². The molecule has 30 heavy (non-hydrogen) atoms. The van der Waals surface area contributed by atoms with E-state index in [1.165, 1.54) is 6.08 Å². The number of benzene rings is 3. The average Bonchev–Trinajstić information content (AvgIpc) is 2.74. The third-order valence-corrected chi connectivity index (χ3v) is 5.32. The molecule has 150 valence electrons. The fourth-order valence-electron chi connectivity index (χ4n) is 2.54. The lowest BCUT2D eigenvalue weighted by atomic mass is 10.1. The largest absolute Gasteiger partial charge is 0.488 e. The summed E-state index contributed by atoms with van der Waals surface area (Å²) in [6.45, 7) is 0.356. The normalized spacial score (nSPS) is 10.9. The Labute approximate surface area is 196 Å². The molecule has 0 radical (unpaired) electrons. The van der Waals surface area contributed by atoms with Gasteiger partial charge in [-0.25, -0.2) is 0 Å². The van der Waals surface area contributed by atoms with Gasteiger partial charge in [-0.2, -0.15) is 5.26 Å². The van der Waals surface area contributed by atoms with Crippen LogP contribution in [0.3, 0.4) is 0 Å². The highest BCUT2D eigenvalue weighted by molar-refractivity contribution is 9.10. The first-order valence-corrected chi connectivity index (χ1v) is 10.8. The molecule has 0 aliphatic heterocycles. The second-order valence-corrected chi connectivity index (χ2v) is 8.50. The average molecular weight is 547 g/mol. The molecule has 0 saturated carbocycles. The molecule has 1 N–H and O–H groups in total. The summed E-state index contributed by atoms with van der Waals surface area (Å²) in [5, 5.41) is 12.8. The minimum absolute atomic E-state index is 0.0449. The van der Waals surface area contributed by atoms with Gasteiger partial charge in [0.2, 0.25) is 0 Å². The number of nitriles is 1. The van der Waals surface area contributed by atoms with Gasteiger partial charge in [0.25, 0.3) is 5.91 Å². The van der Waals surface area contributed by atoms with Crippen LogP contribution in [0.15, 0.2) is 81.2 Å². The Hall–Kier alpha value is -2.59. The van der Waals surface area contributed by atoms with Crippen LogP contribution in [-0.2, 0) is 11.4 Å². The Morgan fingerprint density at radius 3 is 2.37 bits per heavy atom. The van der Waals surface area contributed by atoms with E-state index in [0.29, 0.717) is 28.6 Å². The molecule has 3 aromatic carbocycles. The second-order valence-electron chi connectivity index (χ2n) is 6.23. The molecule has 0 aliphatic rings. The minimum atomic E-state index is -0.515. The number of halogens is 3. The van der Waals surface area contributed by atoms with Crippen molar-refractivity contribution in [3.05, 3.63) is 97.4 Å². The van der Waals surface area contributed by atoms with Crippen LogP contribution < -0.4 is 10.1 Å². The Balaban J connectivity index is 1.81. The van der Waals surface area contributed by atoms with E-state index in [1.54, 1.807) is 36.4 Å². The molecule has 0 aromatic heterocycles. The van der Waals surface area contributed by atoms with Crippen molar-refractivity contribution >= 4 is 61.1 Å². The Morgan fingerprint density at radius 1 is 1.03 bits per heavy atom. The summed E-state index contributed by atoms with van der Waals surface area (Å²) in [6, 6.07) is 21.8. The van der Waals surface area contributed by atoms with Gasteiger partial charge in [0, 0.05) is 25.2 Å². The highest BCUT2D eigenvalue weighted by Crippen LogP contribution is 2.27. The molecular weight excluding hydrogens is 532 g/mol. The summed E-state index contributed by atoms with van der Waals surface area (Å²) in [5.74, 6) is 0.0480. The summed E-state index contributed by atoms with van der Waals surface area (Å²) in [6.07, 6.45) is 1.51. The molecule has 0 bridgehead atoms. The number of ether oxygens (including phenoxy) is 1. The fraction of sp³-hybridized carbons (Fsp3) is 0.0435. The smallest absolute Gasteiger partial charge is 0.266 e. The number of hydrogen-bond acceptors (Lipinski definition) is 3. The predicted molar refractivity (Wildman–Crippen MR) is 126 cm³/mol. The van der Waals surface area contributed by atoms with Gasteiger partial charge in [-0.1, -0.05) is 55.6 Å². The predicted octanol–water partition coefficient (Wildman–Crippen LogP) is 6.99. The van der Waals surface area contributed by atoms with Gasteiger partial charge in [0.05, 0.1) is 0 Å². The van der Waals surface area contributed by atoms with E-state index < -0.39 is 5.91 Å². The number of rotatable bonds is 6. The van der Waals surface area contributed by atoms with Gasteiger partial charge < -0.3 is 10.1 Å². The lowest BCUT2D eigenvalue weighted by molar-refractivity contribution is -0.112. The fourth-order valence-corrected chi connectivity index (χ4v) is 3.31. The lowest BCUT2D eigenvalue weighted by Gasteiger charge is -2.11. The highest BCUT2D eigenvalue weighted by atomic mass is 79.9. The van der Waals surface area contributed by atoms with E-state index in [-0.39, 0.29) is 5.57 Å². The number of amides is 1. The van der Waals surface area contributed by atoms with Crippen LogP contribution in [0.5, 0.6) is 5.75 Å². The maximum Gasteiger partial charge on any atom is 0.266 e. The van der Waals surface area contributed by atoms with Crippen LogP contribution in [-0.4, -0.2) is 5.91 Å². The summed E-state index contributed by atoms with van der Waals surface area (Å²) in [7, 11) is 0. The first-order valence-electron chi connectivity index (χ1n) is 8.80. The quantitative estimate of drug-likeness (QED) is 0.268. The minimum Gasteiger partial charge on any atom is -0.488 e. The summed E-state index contributed by atoms with van der Waals surface area (Å²) in [4.78, 5) is 12.5. The Morgan fingerprint density at radius 2 is 1.70 bits per heavy atom. The molecule has 0 spiro atoms. The van der Waals surface area contributed by atoms with E-state index in [4.69, 9.17) is 16.3 Å². The summed E-state index contributed by atoms with van der Waals surface area (Å²) >= 11 is 12.7. The Bertz CT molecular complexity index is 1120. The van der Waals surface area contributed by atoms with Gasteiger partial charge in [-0.3, -0.25) is 4.79 Å². The maximum atomic E-state index is 12.5. The van der Waals surface area contributed by atoms with Gasteiger partial charge in [-0.05, 0) is 66.2 Å². The van der Waals surface area contributed by atoms with E-state index in [9.17, 15) is 10.1 Å². The first kappa shape index (κ1) is 22.1. The van der Waals surface area contributed by atoms with E-state index in [0.717, 1.165) is 14.5 Å². The Kier molecular flexibility index (Phi) is 7.69. The van der Waals surface area contributed by atoms with Crippen molar-refractivity contribution < 1.29 is 9.53 Å². The number of carbonyl (C=O) groups excluding carboxylic acids is 1. The van der Waals surface area contributed by atoms with Crippen LogP contribution in [0.25, 0.3) is 6.08 Å². The zero-order valence-electron chi connectivity index (χ0n) is 15.5. The zero-order chi connectivity index (χ0) is 21.5. The number of nitrogens with zero attached hydrogens (tertiary/aromatic N) is 1. The zero-order valence-corrected chi connectivity index (χ0v) is 19.5. The molecule has 0 saturated heterocycles. The molecule has 0 atom stereocenters. The van der Waals surface area contributed by atoms with Crippen molar-refractivity contribution in [1.29, 1.82) is 5.26 Å². The third-order valence-electron chi connectivity index (χ3n) is 4.05. The SMILES string of the molecule is N#C/C(=C\c1cc(Br)ccc1OCc1ccc(Br)cc1)C(=O)Nc1ccc(Cl)cc1. The van der Waals surface area contributed by atoms with Crippen molar-refractivity contribution in [2.75, 3.05) is 5.32 Å². The second kappa shape index (κ2) is 10.4. The molecule has 0 aliphatic carbocycles. The molecule has 1 amide bonds. The van der Waals surface area contributed by atoms with Gasteiger partial charge in [0.1, 0.15) is 24.0 Å². The molecule has 3 aromatic rings. The standard InChI is InChI=1S/C23H15Br2ClN2O2/c24-18-3-1-15(2-4-18)14-30-22-10-5-19(25)12-16(22)11-17(13-27)23(29)28-21-8-6-20(26)7-9-21/h1-12H,14H2,(H,28,29)/b17-11+.